The van der Waals surface area contributed by atoms with Crippen molar-refractivity contribution in [3.05, 3.63) is 0 Å². The molecule has 1 N–H and O–H groups in total. The number of terminal acetylenes is 1. The van der Waals surface area contributed by atoms with Crippen molar-refractivity contribution in [1.82, 2.24) is 10.2 Å². The van der Waals surface area contributed by atoms with Crippen molar-refractivity contribution in [2.75, 3.05) is 6.54 Å². The molecule has 0 aliphatic carbocycles. The second-order valence-corrected chi connectivity index (χ2v) is 5.76. The van der Waals surface area contributed by atoms with Crippen molar-refractivity contribution in [2.24, 2.45) is 11.8 Å². The maximum absolute atomic E-state index is 12.5. The smallest absolute Gasteiger partial charge is 0.246 e. The van der Waals surface area contributed by atoms with Crippen LogP contribution in [-0.2, 0) is 9.59 Å². The van der Waals surface area contributed by atoms with E-state index in [0.29, 0.717) is 13.0 Å². The number of nitrogens with one attached hydrogen (secondary N) is 1. The van der Waals surface area contributed by atoms with Crippen LogP contribution in [0.3, 0.4) is 0 Å². The van der Waals surface area contributed by atoms with Gasteiger partial charge in [0.2, 0.25) is 11.8 Å². The number of carbonyl (C=O) groups excluding carboxylic acids is 2. The third kappa shape index (κ3) is 3.50. The van der Waals surface area contributed by atoms with Crippen LogP contribution < -0.4 is 5.32 Å². The fourth-order valence-corrected chi connectivity index (χ4v) is 2.47. The third-order valence-corrected chi connectivity index (χ3v) is 3.47. The minimum Gasteiger partial charge on any atom is -0.342 e. The van der Waals surface area contributed by atoms with Crippen LogP contribution in [0.25, 0.3) is 0 Å². The molecular formula is C15H24N2O2. The molecule has 4 heteroatoms. The van der Waals surface area contributed by atoms with Crippen molar-refractivity contribution in [3.63, 3.8) is 0 Å². The Morgan fingerprint density at radius 3 is 2.37 bits per heavy atom. The number of hydrogen-bond acceptors (Lipinski definition) is 2. The van der Waals surface area contributed by atoms with E-state index in [1.165, 1.54) is 0 Å². The second kappa shape index (κ2) is 6.60. The van der Waals surface area contributed by atoms with Gasteiger partial charge in [-0.25, -0.2) is 0 Å². The summed E-state index contributed by atoms with van der Waals surface area (Å²) in [7, 11) is 0. The number of amides is 2. The zero-order valence-electron chi connectivity index (χ0n) is 12.3. The van der Waals surface area contributed by atoms with Gasteiger partial charge >= 0.3 is 0 Å². The highest BCUT2D eigenvalue weighted by Crippen LogP contribution is 2.21. The lowest BCUT2D eigenvalue weighted by Gasteiger charge is -2.42. The minimum absolute atomic E-state index is 0.0188. The van der Waals surface area contributed by atoms with Crippen molar-refractivity contribution in [2.45, 2.75) is 52.6 Å². The average molecular weight is 264 g/mol. The number of nitrogens with zero attached hydrogens (tertiary/aromatic N) is 1. The molecular weight excluding hydrogens is 240 g/mol. The average Bonchev–Trinajstić information content (AvgIpc) is 2.32. The van der Waals surface area contributed by atoms with Gasteiger partial charge < -0.3 is 10.2 Å². The Morgan fingerprint density at radius 1 is 1.26 bits per heavy atom. The summed E-state index contributed by atoms with van der Waals surface area (Å²) in [5, 5.41) is 2.85. The van der Waals surface area contributed by atoms with Gasteiger partial charge in [0.15, 0.2) is 0 Å². The quantitative estimate of drug-likeness (QED) is 0.603. The molecule has 1 aliphatic heterocycles. The van der Waals surface area contributed by atoms with Gasteiger partial charge in [0.25, 0.3) is 0 Å². The van der Waals surface area contributed by atoms with Gasteiger partial charge in [0.1, 0.15) is 12.1 Å². The van der Waals surface area contributed by atoms with E-state index in [9.17, 15) is 9.59 Å². The maximum Gasteiger partial charge on any atom is 0.246 e. The number of rotatable bonds is 5. The lowest BCUT2D eigenvalue weighted by Crippen LogP contribution is -2.66. The molecule has 0 radical (unpaired) electrons. The second-order valence-electron chi connectivity index (χ2n) is 5.76. The predicted molar refractivity (Wildman–Crippen MR) is 75.2 cm³/mol. The van der Waals surface area contributed by atoms with Gasteiger partial charge in [-0.1, -0.05) is 27.7 Å². The summed E-state index contributed by atoms with van der Waals surface area (Å²) in [5.41, 5.74) is 0. The molecule has 0 spiro atoms. The number of piperazine rings is 1. The molecule has 0 aromatic heterocycles. The lowest BCUT2D eigenvalue weighted by molar-refractivity contribution is -0.152. The molecule has 2 unspecified atom stereocenters. The summed E-state index contributed by atoms with van der Waals surface area (Å²) >= 11 is 0. The predicted octanol–water partition coefficient (Wildman–Crippen LogP) is 1.41. The molecule has 4 nitrogen and oxygen atoms in total. The van der Waals surface area contributed by atoms with Crippen LogP contribution in [0.4, 0.5) is 0 Å². The highest BCUT2D eigenvalue weighted by atomic mass is 16.2. The first kappa shape index (κ1) is 15.6. The van der Waals surface area contributed by atoms with Crippen LogP contribution >= 0.6 is 0 Å². The normalized spacial score (nSPS) is 23.7. The van der Waals surface area contributed by atoms with Crippen molar-refractivity contribution in [3.8, 4) is 12.3 Å². The van der Waals surface area contributed by atoms with Gasteiger partial charge in [-0.05, 0) is 18.3 Å². The number of hydrogen-bond donors (Lipinski definition) is 1. The van der Waals surface area contributed by atoms with Gasteiger partial charge in [-0.3, -0.25) is 9.59 Å². The van der Waals surface area contributed by atoms with Crippen LogP contribution in [0.15, 0.2) is 0 Å². The first-order chi connectivity index (χ1) is 8.90. The molecule has 0 aromatic rings. The SMILES string of the molecule is C#CCCCN1C(=O)C(C(C)C)NC(=O)C1C(C)C. The molecule has 0 saturated carbocycles. The Hall–Kier alpha value is -1.50. The molecule has 19 heavy (non-hydrogen) atoms. The van der Waals surface area contributed by atoms with E-state index < -0.39 is 6.04 Å². The van der Waals surface area contributed by atoms with E-state index >= 15 is 0 Å². The summed E-state index contributed by atoms with van der Waals surface area (Å²) in [5.74, 6) is 2.74. The van der Waals surface area contributed by atoms with Crippen LogP contribution in [0.2, 0.25) is 0 Å². The molecule has 1 rings (SSSR count). The highest BCUT2D eigenvalue weighted by molar-refractivity contribution is 5.97. The van der Waals surface area contributed by atoms with E-state index in [4.69, 9.17) is 6.42 Å². The molecule has 1 heterocycles. The number of unbranched alkanes of at least 4 members (excludes halogenated alkanes) is 1. The van der Waals surface area contributed by atoms with E-state index in [0.717, 1.165) is 6.42 Å². The fraction of sp³-hybridized carbons (Fsp3) is 0.733. The molecule has 0 aromatic carbocycles. The Bertz CT molecular complexity index is 382. The van der Waals surface area contributed by atoms with Gasteiger partial charge in [0, 0.05) is 13.0 Å². The molecule has 0 bridgehead atoms. The Balaban J connectivity index is 2.90. The molecule has 1 saturated heterocycles. The summed E-state index contributed by atoms with van der Waals surface area (Å²) in [6.07, 6.45) is 6.61. The molecule has 2 atom stereocenters. The van der Waals surface area contributed by atoms with E-state index in [-0.39, 0.29) is 29.7 Å². The van der Waals surface area contributed by atoms with Crippen molar-refractivity contribution >= 4 is 11.8 Å². The highest BCUT2D eigenvalue weighted by Gasteiger charge is 2.42. The Morgan fingerprint density at radius 2 is 1.89 bits per heavy atom. The van der Waals surface area contributed by atoms with Gasteiger partial charge in [-0.2, -0.15) is 0 Å². The summed E-state index contributed by atoms with van der Waals surface area (Å²) in [6.45, 7) is 8.36. The summed E-state index contributed by atoms with van der Waals surface area (Å²) in [6, 6.07) is -0.784. The molecule has 106 valence electrons. The summed E-state index contributed by atoms with van der Waals surface area (Å²) in [4.78, 5) is 26.4. The monoisotopic (exact) mass is 264 g/mol. The van der Waals surface area contributed by atoms with Crippen LogP contribution in [0.1, 0.15) is 40.5 Å². The van der Waals surface area contributed by atoms with E-state index in [2.05, 4.69) is 11.2 Å². The van der Waals surface area contributed by atoms with E-state index in [1.807, 2.05) is 27.7 Å². The van der Waals surface area contributed by atoms with Crippen molar-refractivity contribution in [1.29, 1.82) is 0 Å². The third-order valence-electron chi connectivity index (χ3n) is 3.47. The summed E-state index contributed by atoms with van der Waals surface area (Å²) < 4.78 is 0. The largest absolute Gasteiger partial charge is 0.342 e. The fourth-order valence-electron chi connectivity index (χ4n) is 2.47. The van der Waals surface area contributed by atoms with E-state index in [1.54, 1.807) is 4.90 Å². The molecule has 2 amide bonds. The van der Waals surface area contributed by atoms with Crippen LogP contribution in [0.5, 0.6) is 0 Å². The zero-order valence-corrected chi connectivity index (χ0v) is 12.3. The minimum atomic E-state index is -0.409. The van der Waals surface area contributed by atoms with Crippen LogP contribution in [-0.4, -0.2) is 35.3 Å². The van der Waals surface area contributed by atoms with Gasteiger partial charge in [-0.15, -0.1) is 12.3 Å². The topological polar surface area (TPSA) is 49.4 Å². The van der Waals surface area contributed by atoms with Crippen LogP contribution in [0, 0.1) is 24.2 Å². The van der Waals surface area contributed by atoms with Crippen molar-refractivity contribution < 1.29 is 9.59 Å². The maximum atomic E-state index is 12.5. The lowest BCUT2D eigenvalue weighted by atomic mass is 9.92. The Labute approximate surface area is 115 Å². The first-order valence-corrected chi connectivity index (χ1v) is 6.94. The number of carbonyl (C=O) groups is 2. The zero-order chi connectivity index (χ0) is 14.6. The Kier molecular flexibility index (Phi) is 5.41. The van der Waals surface area contributed by atoms with Gasteiger partial charge in [0.05, 0.1) is 0 Å². The first-order valence-electron chi connectivity index (χ1n) is 6.94. The standard InChI is InChI=1S/C15H24N2O2/c1-6-7-8-9-17-13(11(4)5)14(18)16-12(10(2)3)15(17)19/h1,10-13H,7-9H2,2-5H3,(H,16,18). The molecule has 1 aliphatic rings. The molecule has 1 fully saturated rings.